The Balaban J connectivity index is 2.14. The average Bonchev–Trinajstić information content (AvgIpc) is 2.76. The summed E-state index contributed by atoms with van der Waals surface area (Å²) in [7, 11) is 5.74. The summed E-state index contributed by atoms with van der Waals surface area (Å²) in [5.74, 6) is 0.418. The van der Waals surface area contributed by atoms with Crippen molar-refractivity contribution < 1.29 is 33.6 Å². The van der Waals surface area contributed by atoms with E-state index in [9.17, 15) is 14.7 Å². The Kier molecular flexibility index (Phi) is 7.85. The van der Waals surface area contributed by atoms with Crippen molar-refractivity contribution in [2.45, 2.75) is 18.6 Å². The highest BCUT2D eigenvalue weighted by atomic mass is 16.5. The lowest BCUT2D eigenvalue weighted by atomic mass is 10.0. The first-order chi connectivity index (χ1) is 13.9. The number of aliphatic hydroxyl groups excluding tert-OH is 1. The van der Waals surface area contributed by atoms with Gasteiger partial charge in [-0.3, -0.25) is 4.79 Å². The van der Waals surface area contributed by atoms with Gasteiger partial charge in [0.15, 0.2) is 17.5 Å². The van der Waals surface area contributed by atoms with E-state index in [2.05, 4.69) is 5.32 Å². The number of amides is 1. The zero-order valence-corrected chi connectivity index (χ0v) is 16.8. The molecule has 0 aliphatic carbocycles. The highest BCUT2D eigenvalue weighted by Gasteiger charge is 2.30. The van der Waals surface area contributed by atoms with Crippen molar-refractivity contribution in [1.29, 1.82) is 0 Å². The second kappa shape index (κ2) is 10.3. The molecule has 0 saturated heterocycles. The Hall–Kier alpha value is -3.26. The Labute approximate surface area is 169 Å². The van der Waals surface area contributed by atoms with Crippen LogP contribution < -0.4 is 19.5 Å². The lowest BCUT2D eigenvalue weighted by molar-refractivity contribution is -0.148. The second-order valence-corrected chi connectivity index (χ2v) is 6.15. The number of aliphatic hydroxyl groups is 1. The van der Waals surface area contributed by atoms with Crippen LogP contribution in [0.25, 0.3) is 0 Å². The molecule has 2 aromatic rings. The minimum atomic E-state index is -1.29. The summed E-state index contributed by atoms with van der Waals surface area (Å²) < 4.78 is 20.2. The number of hydrogen-bond acceptors (Lipinski definition) is 7. The van der Waals surface area contributed by atoms with Gasteiger partial charge in [0.2, 0.25) is 5.91 Å². The van der Waals surface area contributed by atoms with E-state index in [0.717, 1.165) is 0 Å². The molecule has 156 valence electrons. The maximum atomic E-state index is 12.5. The first-order valence-corrected chi connectivity index (χ1v) is 8.83. The topological polar surface area (TPSA) is 103 Å². The van der Waals surface area contributed by atoms with E-state index in [-0.39, 0.29) is 6.42 Å². The lowest BCUT2D eigenvalue weighted by Gasteiger charge is -2.22. The molecule has 29 heavy (non-hydrogen) atoms. The molecule has 2 unspecified atom stereocenters. The van der Waals surface area contributed by atoms with Gasteiger partial charge in [0, 0.05) is 0 Å². The molecular formula is C21H25NO7. The van der Waals surface area contributed by atoms with Gasteiger partial charge < -0.3 is 29.4 Å². The van der Waals surface area contributed by atoms with Crippen molar-refractivity contribution in [1.82, 2.24) is 5.32 Å². The van der Waals surface area contributed by atoms with Gasteiger partial charge in [-0.15, -0.1) is 0 Å². The van der Waals surface area contributed by atoms with Crippen LogP contribution in [0.5, 0.6) is 17.2 Å². The Bertz CT molecular complexity index is 835. The summed E-state index contributed by atoms with van der Waals surface area (Å²) >= 11 is 0. The molecule has 1 amide bonds. The van der Waals surface area contributed by atoms with Crippen LogP contribution in [0, 0.1) is 0 Å². The monoisotopic (exact) mass is 403 g/mol. The molecule has 0 saturated carbocycles. The average molecular weight is 403 g/mol. The van der Waals surface area contributed by atoms with Gasteiger partial charge in [0.05, 0.1) is 34.9 Å². The van der Waals surface area contributed by atoms with E-state index in [4.69, 9.17) is 18.9 Å². The molecule has 2 atom stereocenters. The van der Waals surface area contributed by atoms with Crippen LogP contribution in [0.1, 0.15) is 17.2 Å². The molecule has 0 aliphatic heterocycles. The molecule has 0 bridgehead atoms. The zero-order valence-electron chi connectivity index (χ0n) is 16.8. The molecule has 8 heteroatoms. The maximum Gasteiger partial charge on any atom is 0.331 e. The van der Waals surface area contributed by atoms with Crippen LogP contribution in [0.4, 0.5) is 0 Å². The van der Waals surface area contributed by atoms with E-state index in [1.165, 1.54) is 28.4 Å². The predicted octanol–water partition coefficient (Wildman–Crippen LogP) is 1.65. The first-order valence-electron chi connectivity index (χ1n) is 8.83. The van der Waals surface area contributed by atoms with Crippen LogP contribution in [0.15, 0.2) is 42.5 Å². The fourth-order valence-corrected chi connectivity index (χ4v) is 2.79. The number of carbonyl (C=O) groups is 2. The number of hydrogen-bond donors (Lipinski definition) is 2. The number of rotatable bonds is 9. The molecule has 8 nitrogen and oxygen atoms in total. The van der Waals surface area contributed by atoms with Crippen molar-refractivity contribution in [2.24, 2.45) is 0 Å². The maximum absolute atomic E-state index is 12.5. The van der Waals surface area contributed by atoms with Crippen LogP contribution in [-0.4, -0.2) is 51.5 Å². The third-order valence-corrected chi connectivity index (χ3v) is 4.36. The van der Waals surface area contributed by atoms with Crippen molar-refractivity contribution in [3.8, 4) is 17.2 Å². The van der Waals surface area contributed by atoms with Gasteiger partial charge in [-0.25, -0.2) is 4.79 Å². The van der Waals surface area contributed by atoms with E-state index in [0.29, 0.717) is 28.4 Å². The fourth-order valence-electron chi connectivity index (χ4n) is 2.79. The highest BCUT2D eigenvalue weighted by Crippen LogP contribution is 2.28. The van der Waals surface area contributed by atoms with Crippen molar-refractivity contribution in [3.05, 3.63) is 53.6 Å². The third kappa shape index (κ3) is 5.61. The van der Waals surface area contributed by atoms with Gasteiger partial charge in [-0.1, -0.05) is 18.2 Å². The minimum Gasteiger partial charge on any atom is -0.497 e. The van der Waals surface area contributed by atoms with E-state index in [1.807, 2.05) is 0 Å². The predicted molar refractivity (Wildman–Crippen MR) is 105 cm³/mol. The molecule has 0 radical (unpaired) electrons. The normalized spacial score (nSPS) is 12.4. The summed E-state index contributed by atoms with van der Waals surface area (Å²) in [5.41, 5.74) is 1.09. The smallest absolute Gasteiger partial charge is 0.331 e. The minimum absolute atomic E-state index is 0.0246. The number of esters is 1. The van der Waals surface area contributed by atoms with Gasteiger partial charge in [0.1, 0.15) is 11.9 Å². The summed E-state index contributed by atoms with van der Waals surface area (Å²) in [6.07, 6.45) is -1.31. The Morgan fingerprint density at radius 1 is 0.931 bits per heavy atom. The van der Waals surface area contributed by atoms with Crippen molar-refractivity contribution in [3.63, 3.8) is 0 Å². The van der Waals surface area contributed by atoms with Crippen LogP contribution in [0.2, 0.25) is 0 Å². The Morgan fingerprint density at radius 3 is 2.14 bits per heavy atom. The van der Waals surface area contributed by atoms with Crippen molar-refractivity contribution >= 4 is 11.9 Å². The summed E-state index contributed by atoms with van der Waals surface area (Å²) in [4.78, 5) is 24.7. The van der Waals surface area contributed by atoms with Crippen LogP contribution in [0.3, 0.4) is 0 Å². The van der Waals surface area contributed by atoms with Crippen molar-refractivity contribution in [2.75, 3.05) is 28.4 Å². The van der Waals surface area contributed by atoms with Crippen LogP contribution >= 0.6 is 0 Å². The summed E-state index contributed by atoms with van der Waals surface area (Å²) in [6, 6.07) is 10.3. The van der Waals surface area contributed by atoms with Gasteiger partial charge in [-0.05, 0) is 35.4 Å². The lowest BCUT2D eigenvalue weighted by Crippen LogP contribution is -2.46. The SMILES string of the molecule is COC(=O)C(NC(=O)Cc1ccc(OC)c(OC)c1)C(O)c1ccc(OC)cc1. The molecular weight excluding hydrogens is 378 g/mol. The largest absolute Gasteiger partial charge is 0.497 e. The number of benzene rings is 2. The summed E-state index contributed by atoms with van der Waals surface area (Å²) in [5, 5.41) is 13.2. The molecule has 2 N–H and O–H groups in total. The highest BCUT2D eigenvalue weighted by molar-refractivity contribution is 5.86. The second-order valence-electron chi connectivity index (χ2n) is 6.15. The summed E-state index contributed by atoms with van der Waals surface area (Å²) in [6.45, 7) is 0. The molecule has 0 heterocycles. The number of ether oxygens (including phenoxy) is 4. The van der Waals surface area contributed by atoms with Crippen LogP contribution in [-0.2, 0) is 20.7 Å². The molecule has 0 spiro atoms. The zero-order chi connectivity index (χ0) is 21.4. The fraction of sp³-hybridized carbons (Fsp3) is 0.333. The van der Waals surface area contributed by atoms with Gasteiger partial charge in [-0.2, -0.15) is 0 Å². The molecule has 0 aromatic heterocycles. The molecule has 0 fully saturated rings. The standard InChI is InChI=1S/C21H25NO7/c1-26-15-8-6-14(7-9-15)20(24)19(21(25)29-4)22-18(23)12-13-5-10-16(27-2)17(11-13)28-3/h5-11,19-20,24H,12H2,1-4H3,(H,22,23). The first kappa shape index (κ1) is 22.0. The molecule has 0 aliphatic rings. The quantitative estimate of drug-likeness (QED) is 0.614. The van der Waals surface area contributed by atoms with E-state index >= 15 is 0 Å². The van der Waals surface area contributed by atoms with E-state index in [1.54, 1.807) is 42.5 Å². The van der Waals surface area contributed by atoms with E-state index < -0.39 is 24.0 Å². The number of methoxy groups -OCH3 is 4. The molecule has 2 aromatic carbocycles. The van der Waals surface area contributed by atoms with Gasteiger partial charge in [0.25, 0.3) is 0 Å². The number of nitrogens with one attached hydrogen (secondary N) is 1. The molecule has 2 rings (SSSR count). The third-order valence-electron chi connectivity index (χ3n) is 4.36. The van der Waals surface area contributed by atoms with Gasteiger partial charge >= 0.3 is 5.97 Å². The Morgan fingerprint density at radius 2 is 1.59 bits per heavy atom. The number of carbonyl (C=O) groups excluding carboxylic acids is 2.